The number of nitrogens with zero attached hydrogens (tertiary/aromatic N) is 3. The molecule has 3 nitrogen and oxygen atoms in total. The summed E-state index contributed by atoms with van der Waals surface area (Å²) >= 11 is 7.27. The zero-order valence-electron chi connectivity index (χ0n) is 9.25. The fourth-order valence-electron chi connectivity index (χ4n) is 1.75. The van der Waals surface area contributed by atoms with Crippen LogP contribution < -0.4 is 17.0 Å². The Labute approximate surface area is 120 Å². The van der Waals surface area contributed by atoms with Crippen LogP contribution in [0.4, 0.5) is 0 Å². The van der Waals surface area contributed by atoms with Crippen molar-refractivity contribution in [1.29, 1.82) is 0 Å². The standard InChI is InChI=1S/C12H9ClN3S.ClH/c13-10-5-4-9(11-12(10)15-17-14-11)8-16-6-2-1-3-7-16;/h1-7H,8H2;1H/q+1;/p-1. The highest BCUT2D eigenvalue weighted by Gasteiger charge is 2.12. The first-order valence-electron chi connectivity index (χ1n) is 5.18. The highest BCUT2D eigenvalue weighted by molar-refractivity contribution is 7.00. The topological polar surface area (TPSA) is 29.7 Å². The van der Waals surface area contributed by atoms with E-state index in [2.05, 4.69) is 13.3 Å². The first-order chi connectivity index (χ1) is 8.34. The van der Waals surface area contributed by atoms with Gasteiger partial charge < -0.3 is 12.4 Å². The minimum Gasteiger partial charge on any atom is -1.00 e. The Hall–Kier alpha value is -1.23. The van der Waals surface area contributed by atoms with E-state index in [9.17, 15) is 0 Å². The van der Waals surface area contributed by atoms with E-state index in [1.54, 1.807) is 0 Å². The smallest absolute Gasteiger partial charge is 0.176 e. The number of aromatic nitrogens is 3. The Balaban J connectivity index is 0.00000120. The third-order valence-corrected chi connectivity index (χ3v) is 3.41. The number of rotatable bonds is 2. The lowest BCUT2D eigenvalue weighted by atomic mass is 10.2. The summed E-state index contributed by atoms with van der Waals surface area (Å²) in [6.45, 7) is 0.778. The van der Waals surface area contributed by atoms with E-state index in [4.69, 9.17) is 11.6 Å². The lowest BCUT2D eigenvalue weighted by Gasteiger charge is -1.99. The number of pyridine rings is 1. The molecule has 6 heteroatoms. The number of fused-ring (bicyclic) bond motifs is 1. The first-order valence-corrected chi connectivity index (χ1v) is 6.29. The Morgan fingerprint density at radius 3 is 2.56 bits per heavy atom. The van der Waals surface area contributed by atoms with Crippen LogP contribution in [-0.4, -0.2) is 8.75 Å². The number of hydrogen-bond donors (Lipinski definition) is 0. The molecule has 0 unspecified atom stereocenters. The minimum absolute atomic E-state index is 0. The third kappa shape index (κ3) is 2.46. The molecule has 0 aliphatic heterocycles. The molecule has 3 rings (SSSR count). The molecule has 2 aromatic heterocycles. The van der Waals surface area contributed by atoms with Crippen LogP contribution in [-0.2, 0) is 6.54 Å². The molecule has 3 aromatic rings. The molecule has 92 valence electrons. The lowest BCUT2D eigenvalue weighted by molar-refractivity contribution is -0.688. The average Bonchev–Trinajstić information content (AvgIpc) is 2.84. The van der Waals surface area contributed by atoms with E-state index in [-0.39, 0.29) is 12.4 Å². The maximum atomic E-state index is 6.07. The predicted octanol–water partition coefficient (Wildman–Crippen LogP) is -0.316. The molecule has 0 bridgehead atoms. The van der Waals surface area contributed by atoms with Gasteiger partial charge in [0.05, 0.1) is 16.8 Å². The minimum atomic E-state index is 0. The molecule has 0 aliphatic rings. The van der Waals surface area contributed by atoms with Gasteiger partial charge in [0.2, 0.25) is 0 Å². The van der Waals surface area contributed by atoms with Crippen LogP contribution in [0, 0.1) is 0 Å². The number of benzene rings is 1. The van der Waals surface area contributed by atoms with E-state index >= 15 is 0 Å². The van der Waals surface area contributed by atoms with Crippen molar-refractivity contribution in [3.05, 3.63) is 53.3 Å². The van der Waals surface area contributed by atoms with Gasteiger partial charge in [0.25, 0.3) is 0 Å². The number of halogens is 2. The summed E-state index contributed by atoms with van der Waals surface area (Å²) < 4.78 is 10.6. The second-order valence-electron chi connectivity index (χ2n) is 3.72. The molecular weight excluding hydrogens is 289 g/mol. The van der Waals surface area contributed by atoms with Crippen molar-refractivity contribution in [2.24, 2.45) is 0 Å². The Bertz CT molecular complexity index is 655. The number of hydrogen-bond acceptors (Lipinski definition) is 3. The van der Waals surface area contributed by atoms with Crippen molar-refractivity contribution in [1.82, 2.24) is 8.75 Å². The zero-order chi connectivity index (χ0) is 11.7. The summed E-state index contributed by atoms with van der Waals surface area (Å²) in [5.74, 6) is 0. The van der Waals surface area contributed by atoms with Crippen molar-refractivity contribution < 1.29 is 17.0 Å². The molecular formula is C12H9Cl2N3S. The third-order valence-electron chi connectivity index (χ3n) is 2.58. The average molecular weight is 298 g/mol. The molecule has 1 aromatic carbocycles. The van der Waals surface area contributed by atoms with E-state index in [0.29, 0.717) is 5.02 Å². The molecule has 0 saturated carbocycles. The summed E-state index contributed by atoms with van der Waals surface area (Å²) in [6.07, 6.45) is 4.06. The summed E-state index contributed by atoms with van der Waals surface area (Å²) in [7, 11) is 0. The highest BCUT2D eigenvalue weighted by Crippen LogP contribution is 2.24. The molecule has 0 atom stereocenters. The van der Waals surface area contributed by atoms with E-state index < -0.39 is 0 Å². The Morgan fingerprint density at radius 2 is 1.78 bits per heavy atom. The lowest BCUT2D eigenvalue weighted by Crippen LogP contribution is -3.00. The Morgan fingerprint density at radius 1 is 1.06 bits per heavy atom. The first kappa shape index (κ1) is 13.2. The van der Waals surface area contributed by atoms with Crippen LogP contribution in [0.3, 0.4) is 0 Å². The van der Waals surface area contributed by atoms with Gasteiger partial charge in [0, 0.05) is 17.7 Å². The van der Waals surface area contributed by atoms with Crippen LogP contribution >= 0.6 is 23.3 Å². The molecule has 0 aliphatic carbocycles. The van der Waals surface area contributed by atoms with Gasteiger partial charge >= 0.3 is 0 Å². The van der Waals surface area contributed by atoms with Gasteiger partial charge in [-0.1, -0.05) is 17.7 Å². The van der Waals surface area contributed by atoms with E-state index in [1.807, 2.05) is 42.7 Å². The second kappa shape index (κ2) is 5.61. The van der Waals surface area contributed by atoms with Crippen LogP contribution in [0.5, 0.6) is 0 Å². The maximum Gasteiger partial charge on any atom is 0.176 e. The molecule has 0 amide bonds. The van der Waals surface area contributed by atoms with Crippen LogP contribution in [0.25, 0.3) is 11.0 Å². The van der Waals surface area contributed by atoms with E-state index in [0.717, 1.165) is 23.1 Å². The van der Waals surface area contributed by atoms with Gasteiger partial charge in [-0.15, -0.1) is 0 Å². The van der Waals surface area contributed by atoms with Gasteiger partial charge in [-0.2, -0.15) is 8.75 Å². The normalized spacial score (nSPS) is 10.3. The van der Waals surface area contributed by atoms with Gasteiger partial charge in [-0.3, -0.25) is 0 Å². The van der Waals surface area contributed by atoms with Crippen LogP contribution in [0.1, 0.15) is 5.56 Å². The summed E-state index contributed by atoms with van der Waals surface area (Å²) in [5, 5.41) is 0.663. The van der Waals surface area contributed by atoms with Gasteiger partial charge in [-0.05, 0) is 12.1 Å². The molecule has 0 fully saturated rings. The summed E-state index contributed by atoms with van der Waals surface area (Å²) in [4.78, 5) is 0. The molecule has 0 spiro atoms. The van der Waals surface area contributed by atoms with Crippen molar-refractivity contribution in [3.8, 4) is 0 Å². The van der Waals surface area contributed by atoms with Gasteiger partial charge in [0.15, 0.2) is 18.9 Å². The van der Waals surface area contributed by atoms with Gasteiger partial charge in [-0.25, -0.2) is 4.57 Å². The quantitative estimate of drug-likeness (QED) is 0.607. The SMILES string of the molecule is Clc1ccc(C[n+]2ccccc2)c2nsnc12.[Cl-]. The Kier molecular flexibility index (Phi) is 4.11. The van der Waals surface area contributed by atoms with Crippen molar-refractivity contribution >= 4 is 34.4 Å². The second-order valence-corrected chi connectivity index (χ2v) is 4.65. The van der Waals surface area contributed by atoms with Crippen molar-refractivity contribution in [2.75, 3.05) is 0 Å². The van der Waals surface area contributed by atoms with Crippen LogP contribution in [0.2, 0.25) is 5.02 Å². The highest BCUT2D eigenvalue weighted by atomic mass is 35.5. The molecule has 0 radical (unpaired) electrons. The monoisotopic (exact) mass is 297 g/mol. The molecule has 2 heterocycles. The zero-order valence-corrected chi connectivity index (χ0v) is 11.6. The predicted molar refractivity (Wildman–Crippen MR) is 68.2 cm³/mol. The van der Waals surface area contributed by atoms with Crippen LogP contribution in [0.15, 0.2) is 42.7 Å². The fourth-order valence-corrected chi connectivity index (χ4v) is 2.59. The maximum absolute atomic E-state index is 6.07. The molecule has 0 saturated heterocycles. The molecule has 18 heavy (non-hydrogen) atoms. The largest absolute Gasteiger partial charge is 1.00 e. The summed E-state index contributed by atoms with van der Waals surface area (Å²) in [6, 6.07) is 9.90. The van der Waals surface area contributed by atoms with Crippen molar-refractivity contribution in [2.45, 2.75) is 6.54 Å². The van der Waals surface area contributed by atoms with E-state index in [1.165, 1.54) is 11.7 Å². The van der Waals surface area contributed by atoms with Crippen molar-refractivity contribution in [3.63, 3.8) is 0 Å². The molecule has 0 N–H and O–H groups in total. The summed E-state index contributed by atoms with van der Waals surface area (Å²) in [5.41, 5.74) is 2.83. The fraction of sp³-hybridized carbons (Fsp3) is 0.0833. The van der Waals surface area contributed by atoms with Gasteiger partial charge in [0.1, 0.15) is 11.0 Å².